The van der Waals surface area contributed by atoms with E-state index in [2.05, 4.69) is 39.6 Å². The van der Waals surface area contributed by atoms with Gasteiger partial charge in [-0.3, -0.25) is 4.79 Å². The summed E-state index contributed by atoms with van der Waals surface area (Å²) in [7, 11) is 0. The Labute approximate surface area is 257 Å². The van der Waals surface area contributed by atoms with E-state index >= 15 is 0 Å². The summed E-state index contributed by atoms with van der Waals surface area (Å²) in [6, 6.07) is 13.1. The van der Waals surface area contributed by atoms with Crippen molar-refractivity contribution in [1.82, 2.24) is 4.98 Å². The molecule has 6 nitrogen and oxygen atoms in total. The molecule has 2 atom stereocenters. The molecule has 2 aromatic heterocycles. The van der Waals surface area contributed by atoms with Crippen molar-refractivity contribution in [3.05, 3.63) is 59.1 Å². The zero-order chi connectivity index (χ0) is 30.9. The second-order valence-electron chi connectivity index (χ2n) is 14.2. The molecule has 0 amide bonds. The van der Waals surface area contributed by atoms with E-state index in [1.807, 2.05) is 42.5 Å². The van der Waals surface area contributed by atoms with E-state index in [-0.39, 0.29) is 27.8 Å². The summed E-state index contributed by atoms with van der Waals surface area (Å²) in [6.45, 7) is 12.3. The molecule has 1 saturated carbocycles. The first-order valence-corrected chi connectivity index (χ1v) is 16.3. The Kier molecular flexibility index (Phi) is 11.1. The lowest BCUT2D eigenvalue weighted by molar-refractivity contribution is -0.151. The van der Waals surface area contributed by atoms with Gasteiger partial charge in [-0.1, -0.05) is 91.2 Å². The number of benzene rings is 1. The molecule has 1 aromatic carbocycles. The third kappa shape index (κ3) is 9.17. The van der Waals surface area contributed by atoms with Crippen molar-refractivity contribution < 1.29 is 18.7 Å². The highest BCUT2D eigenvalue weighted by molar-refractivity contribution is 5.81. The average molecular weight is 590 g/mol. The Morgan fingerprint density at radius 1 is 0.884 bits per heavy atom. The van der Waals surface area contributed by atoms with Crippen molar-refractivity contribution >= 4 is 17.1 Å². The van der Waals surface area contributed by atoms with Crippen molar-refractivity contribution in [2.45, 2.75) is 112 Å². The monoisotopic (exact) mass is 589 g/mol. The van der Waals surface area contributed by atoms with Crippen LogP contribution >= 0.6 is 0 Å². The largest absolute Gasteiger partial charge is 0.494 e. The van der Waals surface area contributed by atoms with Gasteiger partial charge < -0.3 is 13.9 Å². The molecule has 0 radical (unpaired) electrons. The lowest BCUT2D eigenvalue weighted by atomic mass is 9.79. The zero-order valence-electron chi connectivity index (χ0n) is 27.0. The second-order valence-corrected chi connectivity index (χ2v) is 14.2. The summed E-state index contributed by atoms with van der Waals surface area (Å²) in [4.78, 5) is 29.1. The average Bonchev–Trinajstić information content (AvgIpc) is 3.51. The number of aromatic nitrogens is 1. The smallest absolute Gasteiger partial charge is 0.345 e. The standard InChI is InChI=1S/C37H51NO5/c1-35(2,3)26-36(4)27-37(36,5)34(40)42-24-15-13-11-9-7-6-8-10-12-14-23-41-30-20-18-28(19-21-30)31-25-29-17-16-22-38-32(29)43-33(31)39/h16-22,25H,6-15,23-24,26-27H2,1-5H3. The number of nitrogens with zero attached hydrogens (tertiary/aromatic N) is 1. The number of unbranched alkanes of at least 4 members (excludes halogenated alkanes) is 9. The molecule has 0 bridgehead atoms. The third-order valence-corrected chi connectivity index (χ3v) is 9.04. The summed E-state index contributed by atoms with van der Waals surface area (Å²) in [6.07, 6.45) is 15.5. The number of carbonyl (C=O) groups excluding carboxylic acids is 1. The van der Waals surface area contributed by atoms with E-state index in [9.17, 15) is 9.59 Å². The van der Waals surface area contributed by atoms with Crippen molar-refractivity contribution in [1.29, 1.82) is 0 Å². The lowest BCUT2D eigenvalue weighted by Gasteiger charge is -2.26. The van der Waals surface area contributed by atoms with Gasteiger partial charge in [-0.25, -0.2) is 9.78 Å². The van der Waals surface area contributed by atoms with E-state index in [1.54, 1.807) is 6.20 Å². The van der Waals surface area contributed by atoms with Gasteiger partial charge in [-0.05, 0) is 79.3 Å². The number of esters is 1. The minimum atomic E-state index is -0.389. The highest BCUT2D eigenvalue weighted by atomic mass is 16.5. The van der Waals surface area contributed by atoms with E-state index in [0.717, 1.165) is 48.8 Å². The van der Waals surface area contributed by atoms with Crippen LogP contribution in [0.1, 0.15) is 112 Å². The maximum absolute atomic E-state index is 12.7. The second kappa shape index (κ2) is 14.5. The van der Waals surface area contributed by atoms with Crippen molar-refractivity contribution in [3.63, 3.8) is 0 Å². The first-order valence-electron chi connectivity index (χ1n) is 16.3. The number of pyridine rings is 1. The number of hydrogen-bond acceptors (Lipinski definition) is 6. The van der Waals surface area contributed by atoms with Gasteiger partial charge >= 0.3 is 11.6 Å². The molecule has 1 aliphatic carbocycles. The molecule has 4 rings (SSSR count). The molecule has 43 heavy (non-hydrogen) atoms. The SMILES string of the molecule is CC(C)(C)CC1(C)CC1(C)C(=O)OCCCCCCCCCCCCOc1ccc(-c2cc3cccnc3oc2=O)cc1. The predicted molar refractivity (Wildman–Crippen MR) is 173 cm³/mol. The molecule has 0 N–H and O–H groups in total. The Morgan fingerprint density at radius 2 is 1.49 bits per heavy atom. The maximum Gasteiger partial charge on any atom is 0.345 e. The number of fused-ring (bicyclic) bond motifs is 1. The maximum atomic E-state index is 12.7. The van der Waals surface area contributed by atoms with Crippen LogP contribution in [0.15, 0.2) is 57.9 Å². The summed E-state index contributed by atoms with van der Waals surface area (Å²) < 4.78 is 16.9. The van der Waals surface area contributed by atoms with Gasteiger partial charge in [0.1, 0.15) is 5.75 Å². The number of rotatable bonds is 17. The van der Waals surface area contributed by atoms with Crippen LogP contribution in [0.2, 0.25) is 0 Å². The Morgan fingerprint density at radius 3 is 2.12 bits per heavy atom. The number of hydrogen-bond donors (Lipinski definition) is 0. The van der Waals surface area contributed by atoms with Crippen LogP contribution in [0.25, 0.3) is 22.2 Å². The minimum absolute atomic E-state index is 0.00762. The Bertz CT molecular complexity index is 1390. The van der Waals surface area contributed by atoms with Crippen LogP contribution < -0.4 is 10.4 Å². The van der Waals surface area contributed by atoms with Crippen molar-refractivity contribution in [3.8, 4) is 16.9 Å². The molecule has 3 aromatic rings. The van der Waals surface area contributed by atoms with Crippen LogP contribution in [-0.4, -0.2) is 24.2 Å². The molecular weight excluding hydrogens is 538 g/mol. The van der Waals surface area contributed by atoms with Crippen molar-refractivity contribution in [2.75, 3.05) is 13.2 Å². The highest BCUT2D eigenvalue weighted by Gasteiger charge is 2.67. The van der Waals surface area contributed by atoms with Gasteiger partial charge in [0, 0.05) is 11.6 Å². The number of ether oxygens (including phenoxy) is 2. The van der Waals surface area contributed by atoms with Crippen molar-refractivity contribution in [2.24, 2.45) is 16.2 Å². The molecule has 6 heteroatoms. The van der Waals surface area contributed by atoms with E-state index in [0.29, 0.717) is 24.5 Å². The lowest BCUT2D eigenvalue weighted by Crippen LogP contribution is -2.25. The topological polar surface area (TPSA) is 78.6 Å². The zero-order valence-corrected chi connectivity index (χ0v) is 27.0. The fourth-order valence-electron chi connectivity index (χ4n) is 6.50. The molecular formula is C37H51NO5. The third-order valence-electron chi connectivity index (χ3n) is 9.04. The molecule has 0 aliphatic heterocycles. The molecule has 2 heterocycles. The van der Waals surface area contributed by atoms with E-state index in [1.165, 1.54) is 44.9 Å². The molecule has 0 saturated heterocycles. The fourth-order valence-corrected chi connectivity index (χ4v) is 6.50. The van der Waals surface area contributed by atoms with E-state index < -0.39 is 0 Å². The molecule has 1 aliphatic rings. The molecule has 2 unspecified atom stereocenters. The highest BCUT2D eigenvalue weighted by Crippen LogP contribution is 2.68. The van der Waals surface area contributed by atoms with Crippen LogP contribution in [0.3, 0.4) is 0 Å². The van der Waals surface area contributed by atoms with Gasteiger partial charge in [-0.15, -0.1) is 0 Å². The first kappa shape index (κ1) is 32.8. The number of carbonyl (C=O) groups is 1. The molecule has 0 spiro atoms. The Balaban J connectivity index is 0.981. The minimum Gasteiger partial charge on any atom is -0.494 e. The Hall–Kier alpha value is -3.15. The summed E-state index contributed by atoms with van der Waals surface area (Å²) in [5.41, 5.74) is 1.31. The fraction of sp³-hybridized carbons (Fsp3) is 0.595. The predicted octanol–water partition coefficient (Wildman–Crippen LogP) is 9.53. The van der Waals surface area contributed by atoms with Crippen LogP contribution in [0.5, 0.6) is 5.75 Å². The quantitative estimate of drug-likeness (QED) is 0.115. The van der Waals surface area contributed by atoms with Gasteiger partial charge in [0.15, 0.2) is 0 Å². The summed E-state index contributed by atoms with van der Waals surface area (Å²) >= 11 is 0. The van der Waals surface area contributed by atoms with E-state index in [4.69, 9.17) is 13.9 Å². The van der Waals surface area contributed by atoms with Gasteiger partial charge in [0.2, 0.25) is 5.71 Å². The van der Waals surface area contributed by atoms with Crippen LogP contribution in [-0.2, 0) is 9.53 Å². The van der Waals surface area contributed by atoms with Crippen LogP contribution in [0.4, 0.5) is 0 Å². The summed E-state index contributed by atoms with van der Waals surface area (Å²) in [5, 5.41) is 0.801. The normalized spacial score (nSPS) is 19.8. The first-order chi connectivity index (χ1) is 20.5. The van der Waals surface area contributed by atoms with Gasteiger partial charge in [0.25, 0.3) is 0 Å². The summed E-state index contributed by atoms with van der Waals surface area (Å²) in [5.74, 6) is 0.819. The van der Waals surface area contributed by atoms with Gasteiger partial charge in [0.05, 0.1) is 24.2 Å². The molecule has 234 valence electrons. The van der Waals surface area contributed by atoms with Gasteiger partial charge in [-0.2, -0.15) is 0 Å². The van der Waals surface area contributed by atoms with Crippen LogP contribution in [0, 0.1) is 16.2 Å². The molecule has 1 fully saturated rings.